The number of anilines is 3. The van der Waals surface area contributed by atoms with Crippen LogP contribution in [0, 0.1) is 0 Å². The summed E-state index contributed by atoms with van der Waals surface area (Å²) in [5.74, 6) is 0. The van der Waals surface area contributed by atoms with E-state index in [0.29, 0.717) is 0 Å². The molecule has 0 atom stereocenters. The molecule has 0 aliphatic rings. The van der Waals surface area contributed by atoms with Gasteiger partial charge in [-0.2, -0.15) is 0 Å². The quantitative estimate of drug-likeness (QED) is 0.142. The summed E-state index contributed by atoms with van der Waals surface area (Å²) in [7, 11) is 0. The maximum absolute atomic E-state index is 2.47. The van der Waals surface area contributed by atoms with Crippen LogP contribution in [0.1, 0.15) is 0 Å². The first kappa shape index (κ1) is 35.7. The summed E-state index contributed by atoms with van der Waals surface area (Å²) in [4.78, 5) is 2.47. The summed E-state index contributed by atoms with van der Waals surface area (Å²) in [6, 6.07) is 90.0. The molecule has 1 nitrogen and oxygen atoms in total. The molecule has 0 heterocycles. The van der Waals surface area contributed by atoms with Gasteiger partial charge in [0.15, 0.2) is 0 Å². The molecule has 0 spiro atoms. The molecule has 0 fully saturated rings. The fourth-order valence-electron chi connectivity index (χ4n) is 8.62. The van der Waals surface area contributed by atoms with E-state index in [1.807, 2.05) is 0 Å². The molecule has 0 aliphatic carbocycles. The van der Waals surface area contributed by atoms with Gasteiger partial charge in [0.2, 0.25) is 0 Å². The van der Waals surface area contributed by atoms with E-state index in [-0.39, 0.29) is 0 Å². The van der Waals surface area contributed by atoms with Crippen molar-refractivity contribution in [2.24, 2.45) is 0 Å². The molecule has 0 radical (unpaired) electrons. The molecular formula is C58H41N. The second-order valence-electron chi connectivity index (χ2n) is 14.8. The highest BCUT2D eigenvalue weighted by Crippen LogP contribution is 2.50. The Morgan fingerprint density at radius 1 is 0.237 bits per heavy atom. The van der Waals surface area contributed by atoms with Crippen LogP contribution in [0.5, 0.6) is 0 Å². The van der Waals surface area contributed by atoms with Gasteiger partial charge in [0.1, 0.15) is 0 Å². The van der Waals surface area contributed by atoms with Crippen LogP contribution in [0.4, 0.5) is 17.1 Å². The van der Waals surface area contributed by atoms with E-state index in [4.69, 9.17) is 0 Å². The number of fused-ring (bicyclic) bond motifs is 1. The average Bonchev–Trinajstić information content (AvgIpc) is 3.32. The molecule has 10 rings (SSSR count). The van der Waals surface area contributed by atoms with Crippen molar-refractivity contribution in [1.29, 1.82) is 0 Å². The highest BCUT2D eigenvalue weighted by molar-refractivity contribution is 6.04. The van der Waals surface area contributed by atoms with E-state index in [2.05, 4.69) is 254 Å². The summed E-state index contributed by atoms with van der Waals surface area (Å²) in [6.07, 6.45) is 0. The molecule has 59 heavy (non-hydrogen) atoms. The lowest BCUT2D eigenvalue weighted by Gasteiger charge is -2.31. The maximum atomic E-state index is 2.47. The molecule has 0 saturated heterocycles. The van der Waals surface area contributed by atoms with Crippen LogP contribution in [-0.4, -0.2) is 0 Å². The highest BCUT2D eigenvalue weighted by atomic mass is 15.1. The van der Waals surface area contributed by atoms with Gasteiger partial charge < -0.3 is 4.90 Å². The van der Waals surface area contributed by atoms with Gasteiger partial charge in [-0.15, -0.1) is 0 Å². The Morgan fingerprint density at radius 2 is 0.661 bits per heavy atom. The Labute approximate surface area is 346 Å². The van der Waals surface area contributed by atoms with Crippen LogP contribution in [0.15, 0.2) is 249 Å². The predicted octanol–water partition coefficient (Wildman–Crippen LogP) is 16.3. The zero-order chi connectivity index (χ0) is 39.4. The van der Waals surface area contributed by atoms with Crippen LogP contribution < -0.4 is 4.90 Å². The van der Waals surface area contributed by atoms with Crippen molar-refractivity contribution in [2.45, 2.75) is 0 Å². The molecule has 278 valence electrons. The Balaban J connectivity index is 1.25. The van der Waals surface area contributed by atoms with Crippen molar-refractivity contribution in [3.05, 3.63) is 249 Å². The predicted molar refractivity (Wildman–Crippen MR) is 251 cm³/mol. The Hall–Kier alpha value is -7.74. The lowest BCUT2D eigenvalue weighted by Crippen LogP contribution is -2.12. The average molecular weight is 752 g/mol. The molecule has 0 aromatic heterocycles. The normalized spacial score (nSPS) is 11.1. The van der Waals surface area contributed by atoms with Crippen molar-refractivity contribution in [2.75, 3.05) is 4.90 Å². The summed E-state index contributed by atoms with van der Waals surface area (Å²) in [5, 5.41) is 2.47. The Morgan fingerprint density at radius 3 is 1.37 bits per heavy atom. The van der Waals surface area contributed by atoms with E-state index in [1.54, 1.807) is 0 Å². The number of para-hydroxylation sites is 2. The lowest BCUT2D eigenvalue weighted by molar-refractivity contribution is 1.28. The third kappa shape index (κ3) is 6.90. The van der Waals surface area contributed by atoms with E-state index in [0.717, 1.165) is 33.8 Å². The molecule has 0 bridgehead atoms. The maximum Gasteiger partial charge on any atom is 0.0540 e. The van der Waals surface area contributed by atoms with Gasteiger partial charge in [-0.3, -0.25) is 0 Å². The van der Waals surface area contributed by atoms with Gasteiger partial charge >= 0.3 is 0 Å². The monoisotopic (exact) mass is 751 g/mol. The molecular weight excluding hydrogens is 711 g/mol. The number of hydrogen-bond donors (Lipinski definition) is 0. The summed E-state index contributed by atoms with van der Waals surface area (Å²) in [5.41, 5.74) is 17.4. The van der Waals surface area contributed by atoms with Gasteiger partial charge in [-0.05, 0) is 90.7 Å². The van der Waals surface area contributed by atoms with E-state index in [1.165, 1.54) is 60.8 Å². The van der Waals surface area contributed by atoms with Crippen molar-refractivity contribution >= 4 is 27.8 Å². The molecule has 10 aromatic rings. The van der Waals surface area contributed by atoms with Crippen LogP contribution in [0.3, 0.4) is 0 Å². The molecule has 0 N–H and O–H groups in total. The van der Waals surface area contributed by atoms with Gasteiger partial charge in [0.05, 0.1) is 11.4 Å². The minimum atomic E-state index is 1.08. The molecule has 1 heteroatoms. The van der Waals surface area contributed by atoms with Crippen molar-refractivity contribution in [3.8, 4) is 66.8 Å². The number of hydrogen-bond acceptors (Lipinski definition) is 1. The fraction of sp³-hybridized carbons (Fsp3) is 0. The third-order valence-corrected chi connectivity index (χ3v) is 11.3. The van der Waals surface area contributed by atoms with Crippen LogP contribution in [0.2, 0.25) is 0 Å². The van der Waals surface area contributed by atoms with Crippen molar-refractivity contribution in [3.63, 3.8) is 0 Å². The molecule has 0 unspecified atom stereocenters. The second-order valence-corrected chi connectivity index (χ2v) is 14.8. The second kappa shape index (κ2) is 16.0. The third-order valence-electron chi connectivity index (χ3n) is 11.3. The van der Waals surface area contributed by atoms with Gasteiger partial charge in [0, 0.05) is 16.8 Å². The first-order chi connectivity index (χ1) is 29.3. The Kier molecular flexibility index (Phi) is 9.68. The lowest BCUT2D eigenvalue weighted by atomic mass is 9.84. The zero-order valence-electron chi connectivity index (χ0n) is 32.6. The SMILES string of the molecule is c1ccc(-c2ccccc2-c2c(-c3ccccc3)cccc2-c2ccccc2N(c2cccc(-c3cccc4ccccc34)c2)c2ccccc2-c2ccccc2)cc1. The summed E-state index contributed by atoms with van der Waals surface area (Å²) < 4.78 is 0. The number of nitrogens with zero attached hydrogens (tertiary/aromatic N) is 1. The van der Waals surface area contributed by atoms with E-state index in [9.17, 15) is 0 Å². The smallest absolute Gasteiger partial charge is 0.0540 e. The molecule has 10 aromatic carbocycles. The van der Waals surface area contributed by atoms with Gasteiger partial charge in [0.25, 0.3) is 0 Å². The van der Waals surface area contributed by atoms with Crippen LogP contribution in [-0.2, 0) is 0 Å². The van der Waals surface area contributed by atoms with Crippen LogP contribution in [0.25, 0.3) is 77.5 Å². The number of benzene rings is 10. The topological polar surface area (TPSA) is 3.24 Å². The van der Waals surface area contributed by atoms with Gasteiger partial charge in [-0.25, -0.2) is 0 Å². The minimum Gasteiger partial charge on any atom is -0.309 e. The highest BCUT2D eigenvalue weighted by Gasteiger charge is 2.24. The first-order valence-electron chi connectivity index (χ1n) is 20.3. The number of rotatable bonds is 9. The van der Waals surface area contributed by atoms with Crippen molar-refractivity contribution < 1.29 is 0 Å². The van der Waals surface area contributed by atoms with E-state index < -0.39 is 0 Å². The minimum absolute atomic E-state index is 1.08. The largest absolute Gasteiger partial charge is 0.309 e. The molecule has 0 aliphatic heterocycles. The Bertz CT molecular complexity index is 3030. The molecule has 0 saturated carbocycles. The summed E-state index contributed by atoms with van der Waals surface area (Å²) in [6.45, 7) is 0. The van der Waals surface area contributed by atoms with Gasteiger partial charge in [-0.1, -0.05) is 224 Å². The summed E-state index contributed by atoms with van der Waals surface area (Å²) >= 11 is 0. The van der Waals surface area contributed by atoms with E-state index >= 15 is 0 Å². The standard InChI is InChI=1S/C58H41N/c1-4-21-42(22-5-1)49-32-12-13-35-54(49)58-52(45-25-8-3-9-26-45)37-20-38-55(58)53-34-15-17-40-57(53)59(56-39-16-14-33-51(56)44-23-6-2-7-24-44)47-30-18-29-46(41-47)50-36-19-28-43-27-10-11-31-48(43)50/h1-41H. The van der Waals surface area contributed by atoms with Crippen molar-refractivity contribution in [1.82, 2.24) is 0 Å². The fourth-order valence-corrected chi connectivity index (χ4v) is 8.62. The first-order valence-corrected chi connectivity index (χ1v) is 20.3. The molecule has 0 amide bonds. The van der Waals surface area contributed by atoms with Crippen LogP contribution >= 0.6 is 0 Å². The zero-order valence-corrected chi connectivity index (χ0v) is 32.6.